The molecule has 0 radical (unpaired) electrons. The van der Waals surface area contributed by atoms with Crippen LogP contribution in [-0.4, -0.2) is 77.6 Å². The van der Waals surface area contributed by atoms with Gasteiger partial charge in [-0.15, -0.1) is 0 Å². The van der Waals surface area contributed by atoms with Gasteiger partial charge in [-0.2, -0.15) is 0 Å². The summed E-state index contributed by atoms with van der Waals surface area (Å²) in [6, 6.07) is 10.8. The summed E-state index contributed by atoms with van der Waals surface area (Å²) in [6.07, 6.45) is 1.15. The molecule has 1 aromatic heterocycles. The Labute approximate surface area is 218 Å². The number of fused-ring (bicyclic) bond motifs is 3. The maximum Gasteiger partial charge on any atom is 0.283 e. The third-order valence-electron chi connectivity index (χ3n) is 6.38. The SMILES string of the molecule is CC1Cc2c([nH]c3ccccc23)CN1CC(F)(F)CO.OCC(CNCCCF)Nc1cc(F)cc(F)c1. The van der Waals surface area contributed by atoms with E-state index in [-0.39, 0.29) is 24.4 Å². The molecule has 0 aliphatic carbocycles. The Morgan fingerprint density at radius 3 is 2.50 bits per heavy atom. The number of aromatic amines is 1. The van der Waals surface area contributed by atoms with Crippen molar-refractivity contribution in [1.82, 2.24) is 15.2 Å². The van der Waals surface area contributed by atoms with Gasteiger partial charge in [0.2, 0.25) is 0 Å². The largest absolute Gasteiger partial charge is 0.394 e. The van der Waals surface area contributed by atoms with Crippen molar-refractivity contribution in [2.45, 2.75) is 44.3 Å². The maximum absolute atomic E-state index is 13.4. The first-order chi connectivity index (χ1) is 18.2. The lowest BCUT2D eigenvalue weighted by Gasteiger charge is -2.35. The van der Waals surface area contributed by atoms with Crippen molar-refractivity contribution in [2.75, 3.05) is 44.8 Å². The molecule has 4 rings (SSSR count). The lowest BCUT2D eigenvalue weighted by Crippen LogP contribution is -2.46. The molecule has 5 N–H and O–H groups in total. The van der Waals surface area contributed by atoms with Gasteiger partial charge >= 0.3 is 0 Å². The summed E-state index contributed by atoms with van der Waals surface area (Å²) >= 11 is 0. The van der Waals surface area contributed by atoms with E-state index >= 15 is 0 Å². The van der Waals surface area contributed by atoms with E-state index in [1.165, 1.54) is 10.9 Å². The van der Waals surface area contributed by atoms with Gasteiger partial charge < -0.3 is 25.8 Å². The summed E-state index contributed by atoms with van der Waals surface area (Å²) in [5.74, 6) is -4.41. The predicted molar refractivity (Wildman–Crippen MR) is 138 cm³/mol. The van der Waals surface area contributed by atoms with Crippen molar-refractivity contribution in [3.63, 3.8) is 0 Å². The molecule has 0 saturated carbocycles. The fourth-order valence-electron chi connectivity index (χ4n) is 4.47. The number of alkyl halides is 3. The minimum absolute atomic E-state index is 0.0409. The number of benzene rings is 2. The first-order valence-electron chi connectivity index (χ1n) is 12.6. The summed E-state index contributed by atoms with van der Waals surface area (Å²) in [7, 11) is 0. The van der Waals surface area contributed by atoms with Gasteiger partial charge in [0.05, 0.1) is 25.9 Å². The van der Waals surface area contributed by atoms with Crippen LogP contribution in [0, 0.1) is 11.6 Å². The van der Waals surface area contributed by atoms with E-state index in [0.29, 0.717) is 26.1 Å². The Morgan fingerprint density at radius 2 is 1.84 bits per heavy atom. The number of hydrogen-bond donors (Lipinski definition) is 5. The minimum Gasteiger partial charge on any atom is -0.394 e. The smallest absolute Gasteiger partial charge is 0.283 e. The summed E-state index contributed by atoms with van der Waals surface area (Å²) in [4.78, 5) is 5.05. The van der Waals surface area contributed by atoms with E-state index in [2.05, 4.69) is 21.7 Å². The monoisotopic (exact) mass is 542 g/mol. The number of H-pyrrole nitrogens is 1. The normalized spacial score (nSPS) is 16.6. The predicted octanol–water partition coefficient (Wildman–Crippen LogP) is 4.23. The van der Waals surface area contributed by atoms with Crippen molar-refractivity contribution in [1.29, 1.82) is 0 Å². The van der Waals surface area contributed by atoms with E-state index in [1.54, 1.807) is 4.90 Å². The zero-order chi connectivity index (χ0) is 27.7. The van der Waals surface area contributed by atoms with Crippen LogP contribution in [-0.2, 0) is 13.0 Å². The average Bonchev–Trinajstić information content (AvgIpc) is 3.23. The third-order valence-corrected chi connectivity index (χ3v) is 6.38. The van der Waals surface area contributed by atoms with E-state index in [9.17, 15) is 22.0 Å². The summed E-state index contributed by atoms with van der Waals surface area (Å²) < 4.78 is 64.5. The summed E-state index contributed by atoms with van der Waals surface area (Å²) in [5.41, 5.74) is 3.56. The van der Waals surface area contributed by atoms with Crippen LogP contribution in [0.15, 0.2) is 42.5 Å². The molecule has 0 saturated heterocycles. The zero-order valence-corrected chi connectivity index (χ0v) is 21.3. The Hall–Kier alpha value is -2.73. The maximum atomic E-state index is 13.4. The molecule has 2 heterocycles. The Kier molecular flexibility index (Phi) is 10.9. The highest BCUT2D eigenvalue weighted by Crippen LogP contribution is 2.31. The number of aliphatic hydroxyl groups is 2. The summed E-state index contributed by atoms with van der Waals surface area (Å²) in [5, 5.41) is 24.8. The quantitative estimate of drug-likeness (QED) is 0.185. The standard InChI is InChI=1S/C15H18F2N2O.C12H17F3N2O/c1-10-6-12-11-4-2-3-5-13(11)18-14(12)7-19(10)8-15(16,17)9-20;13-2-1-3-16-7-12(8-18)17-11-5-9(14)4-10(15)6-11/h2-5,10,18,20H,6-9H2,1H3;4-6,12,16-18H,1-3,7-8H2. The van der Waals surface area contributed by atoms with Crippen molar-refractivity contribution >= 4 is 16.6 Å². The average molecular weight is 543 g/mol. The number of aliphatic hydroxyl groups excluding tert-OH is 2. The Balaban J connectivity index is 0.000000212. The zero-order valence-electron chi connectivity index (χ0n) is 21.3. The second-order valence-electron chi connectivity index (χ2n) is 9.53. The van der Waals surface area contributed by atoms with Crippen LogP contribution in [0.2, 0.25) is 0 Å². The van der Waals surface area contributed by atoms with Gasteiger partial charge in [0.15, 0.2) is 0 Å². The van der Waals surface area contributed by atoms with Gasteiger partial charge in [0.25, 0.3) is 5.92 Å². The highest BCUT2D eigenvalue weighted by molar-refractivity contribution is 5.84. The summed E-state index contributed by atoms with van der Waals surface area (Å²) in [6.45, 7) is 1.20. The fourth-order valence-corrected chi connectivity index (χ4v) is 4.47. The van der Waals surface area contributed by atoms with Crippen LogP contribution in [0.4, 0.5) is 27.6 Å². The molecule has 38 heavy (non-hydrogen) atoms. The van der Waals surface area contributed by atoms with Gasteiger partial charge in [-0.25, -0.2) is 17.6 Å². The molecule has 0 spiro atoms. The lowest BCUT2D eigenvalue weighted by molar-refractivity contribution is -0.0819. The number of anilines is 1. The fraction of sp³-hybridized carbons (Fsp3) is 0.481. The van der Waals surface area contributed by atoms with Gasteiger partial charge in [-0.05, 0) is 50.1 Å². The van der Waals surface area contributed by atoms with Crippen LogP contribution in [0.3, 0.4) is 0 Å². The first kappa shape index (κ1) is 29.8. The molecule has 2 aromatic carbocycles. The van der Waals surface area contributed by atoms with E-state index in [0.717, 1.165) is 35.8 Å². The molecule has 11 heteroatoms. The van der Waals surface area contributed by atoms with Gasteiger partial charge in [0.1, 0.15) is 18.2 Å². The van der Waals surface area contributed by atoms with Crippen LogP contribution in [0.1, 0.15) is 24.6 Å². The van der Waals surface area contributed by atoms with Crippen LogP contribution in [0.5, 0.6) is 0 Å². The van der Waals surface area contributed by atoms with Crippen molar-refractivity contribution < 1.29 is 32.2 Å². The van der Waals surface area contributed by atoms with Crippen molar-refractivity contribution in [3.05, 3.63) is 65.4 Å². The molecule has 1 aliphatic heterocycles. The molecule has 2 atom stereocenters. The van der Waals surface area contributed by atoms with E-state index < -0.39 is 37.4 Å². The van der Waals surface area contributed by atoms with E-state index in [1.807, 2.05) is 25.1 Å². The molecule has 2 unspecified atom stereocenters. The number of aromatic nitrogens is 1. The highest BCUT2D eigenvalue weighted by Gasteiger charge is 2.35. The molecule has 6 nitrogen and oxygen atoms in total. The topological polar surface area (TPSA) is 83.6 Å². The molecule has 0 amide bonds. The Bertz CT molecular complexity index is 1140. The third kappa shape index (κ3) is 8.39. The van der Waals surface area contributed by atoms with Crippen LogP contribution >= 0.6 is 0 Å². The van der Waals surface area contributed by atoms with Crippen LogP contribution < -0.4 is 10.6 Å². The molecule has 0 bridgehead atoms. The molecular weight excluding hydrogens is 507 g/mol. The lowest BCUT2D eigenvalue weighted by atomic mass is 9.97. The number of nitrogens with zero attached hydrogens (tertiary/aromatic N) is 1. The molecule has 0 fully saturated rings. The minimum atomic E-state index is -3.04. The second-order valence-corrected chi connectivity index (χ2v) is 9.53. The van der Waals surface area contributed by atoms with Crippen molar-refractivity contribution in [2.24, 2.45) is 0 Å². The number of halogens is 5. The number of nitrogens with one attached hydrogen (secondary N) is 3. The van der Waals surface area contributed by atoms with Crippen LogP contribution in [0.25, 0.3) is 10.9 Å². The van der Waals surface area contributed by atoms with E-state index in [4.69, 9.17) is 10.2 Å². The van der Waals surface area contributed by atoms with Crippen molar-refractivity contribution in [3.8, 4) is 0 Å². The molecular formula is C27H35F5N4O2. The van der Waals surface area contributed by atoms with Gasteiger partial charge in [-0.3, -0.25) is 9.29 Å². The Morgan fingerprint density at radius 1 is 1.13 bits per heavy atom. The number of rotatable bonds is 11. The van der Waals surface area contributed by atoms with Gasteiger partial charge in [0, 0.05) is 47.5 Å². The highest BCUT2D eigenvalue weighted by atomic mass is 19.3. The first-order valence-corrected chi connectivity index (χ1v) is 12.6. The number of para-hydroxylation sites is 1. The molecule has 210 valence electrons. The molecule has 1 aliphatic rings. The second kappa shape index (κ2) is 13.9. The van der Waals surface area contributed by atoms with Gasteiger partial charge in [-0.1, -0.05) is 18.2 Å². The number of hydrogen-bond acceptors (Lipinski definition) is 5. The molecule has 3 aromatic rings.